The molecule has 1 aliphatic heterocycles. The second kappa shape index (κ2) is 8.62. The summed E-state index contributed by atoms with van der Waals surface area (Å²) in [7, 11) is 0. The SMILES string of the molecule is C[C@H](NC(=O)NC[C@H]1CCCO[C@H]1c1ccccc1)c1cccnc1. The molecule has 2 heterocycles. The molecule has 5 nitrogen and oxygen atoms in total. The van der Waals surface area contributed by atoms with Gasteiger partial charge in [0, 0.05) is 31.5 Å². The van der Waals surface area contributed by atoms with Crippen LogP contribution in [0.4, 0.5) is 4.79 Å². The van der Waals surface area contributed by atoms with E-state index in [1.165, 1.54) is 5.56 Å². The summed E-state index contributed by atoms with van der Waals surface area (Å²) in [6, 6.07) is 13.8. The van der Waals surface area contributed by atoms with Crippen molar-refractivity contribution in [3.8, 4) is 0 Å². The molecular weight excluding hydrogens is 314 g/mol. The molecule has 0 radical (unpaired) electrons. The molecular formula is C20H25N3O2. The van der Waals surface area contributed by atoms with Crippen molar-refractivity contribution in [3.05, 3.63) is 66.0 Å². The van der Waals surface area contributed by atoms with E-state index in [0.29, 0.717) is 6.54 Å². The van der Waals surface area contributed by atoms with Crippen LogP contribution in [0.1, 0.15) is 43.0 Å². The van der Waals surface area contributed by atoms with Crippen LogP contribution in [0.3, 0.4) is 0 Å². The Morgan fingerprint density at radius 3 is 2.88 bits per heavy atom. The number of amides is 2. The van der Waals surface area contributed by atoms with Gasteiger partial charge in [-0.2, -0.15) is 0 Å². The van der Waals surface area contributed by atoms with Crippen molar-refractivity contribution in [2.75, 3.05) is 13.2 Å². The molecule has 3 atom stereocenters. The summed E-state index contributed by atoms with van der Waals surface area (Å²) in [5, 5.41) is 5.96. The standard InChI is InChI=1S/C20H25N3O2/c1-15(17-9-5-11-21-13-17)23-20(24)22-14-18-10-6-12-25-19(18)16-7-3-2-4-8-16/h2-5,7-9,11,13,15,18-19H,6,10,12,14H2,1H3,(H2,22,23,24)/t15-,18+,19-/m0/s1. The Balaban J connectivity index is 1.53. The first-order valence-corrected chi connectivity index (χ1v) is 8.85. The van der Waals surface area contributed by atoms with Gasteiger partial charge < -0.3 is 15.4 Å². The first kappa shape index (κ1) is 17.4. The third-order valence-electron chi connectivity index (χ3n) is 4.63. The second-order valence-corrected chi connectivity index (χ2v) is 6.47. The highest BCUT2D eigenvalue weighted by Crippen LogP contribution is 2.33. The number of carbonyl (C=O) groups is 1. The van der Waals surface area contributed by atoms with Gasteiger partial charge in [-0.15, -0.1) is 0 Å². The second-order valence-electron chi connectivity index (χ2n) is 6.47. The van der Waals surface area contributed by atoms with E-state index in [1.807, 2.05) is 37.3 Å². The van der Waals surface area contributed by atoms with E-state index < -0.39 is 0 Å². The molecule has 132 valence electrons. The van der Waals surface area contributed by atoms with E-state index in [4.69, 9.17) is 4.74 Å². The van der Waals surface area contributed by atoms with Crippen LogP contribution in [0.15, 0.2) is 54.9 Å². The summed E-state index contributed by atoms with van der Waals surface area (Å²) < 4.78 is 5.98. The Bertz CT molecular complexity index is 663. The molecule has 0 aliphatic carbocycles. The van der Waals surface area contributed by atoms with E-state index in [1.54, 1.807) is 12.4 Å². The topological polar surface area (TPSA) is 63.2 Å². The van der Waals surface area contributed by atoms with Gasteiger partial charge in [0.1, 0.15) is 0 Å². The van der Waals surface area contributed by atoms with Crippen molar-refractivity contribution >= 4 is 6.03 Å². The molecule has 0 saturated carbocycles. The molecule has 2 aromatic rings. The van der Waals surface area contributed by atoms with Crippen molar-refractivity contribution in [1.29, 1.82) is 0 Å². The van der Waals surface area contributed by atoms with Crippen molar-refractivity contribution < 1.29 is 9.53 Å². The predicted molar refractivity (Wildman–Crippen MR) is 97.0 cm³/mol. The number of aromatic nitrogens is 1. The number of ether oxygens (including phenoxy) is 1. The predicted octanol–water partition coefficient (Wildman–Crippen LogP) is 3.61. The fourth-order valence-electron chi connectivity index (χ4n) is 3.25. The van der Waals surface area contributed by atoms with Gasteiger partial charge in [0.25, 0.3) is 0 Å². The summed E-state index contributed by atoms with van der Waals surface area (Å²) in [6.07, 6.45) is 5.63. The first-order chi connectivity index (χ1) is 12.2. The van der Waals surface area contributed by atoms with Crippen molar-refractivity contribution in [3.63, 3.8) is 0 Å². The van der Waals surface area contributed by atoms with Crippen LogP contribution < -0.4 is 10.6 Å². The number of pyridine rings is 1. The smallest absolute Gasteiger partial charge is 0.315 e. The van der Waals surface area contributed by atoms with Gasteiger partial charge in [0.15, 0.2) is 0 Å². The summed E-state index contributed by atoms with van der Waals surface area (Å²) in [5.41, 5.74) is 2.17. The molecule has 0 unspecified atom stereocenters. The van der Waals surface area contributed by atoms with Gasteiger partial charge in [-0.05, 0) is 37.0 Å². The monoisotopic (exact) mass is 339 g/mol. The number of carbonyl (C=O) groups excluding carboxylic acids is 1. The largest absolute Gasteiger partial charge is 0.373 e. The molecule has 2 amide bonds. The number of nitrogens with one attached hydrogen (secondary N) is 2. The van der Waals surface area contributed by atoms with Crippen molar-refractivity contribution in [2.45, 2.75) is 31.9 Å². The van der Waals surface area contributed by atoms with Gasteiger partial charge in [0.2, 0.25) is 0 Å². The minimum absolute atomic E-state index is 0.0472. The van der Waals surface area contributed by atoms with Gasteiger partial charge in [-0.25, -0.2) is 4.79 Å². The van der Waals surface area contributed by atoms with Crippen LogP contribution in [-0.4, -0.2) is 24.2 Å². The maximum absolute atomic E-state index is 12.2. The van der Waals surface area contributed by atoms with E-state index in [0.717, 1.165) is 25.0 Å². The molecule has 2 N–H and O–H groups in total. The average Bonchev–Trinajstić information content (AvgIpc) is 2.68. The Morgan fingerprint density at radius 2 is 2.12 bits per heavy atom. The fourth-order valence-corrected chi connectivity index (χ4v) is 3.25. The number of benzene rings is 1. The Kier molecular flexibility index (Phi) is 6.01. The van der Waals surface area contributed by atoms with Gasteiger partial charge in [-0.3, -0.25) is 4.98 Å². The van der Waals surface area contributed by atoms with E-state index in [-0.39, 0.29) is 24.1 Å². The van der Waals surface area contributed by atoms with Gasteiger partial charge in [0.05, 0.1) is 12.1 Å². The molecule has 3 rings (SSSR count). The lowest BCUT2D eigenvalue weighted by Crippen LogP contribution is -2.41. The third kappa shape index (κ3) is 4.79. The molecule has 0 spiro atoms. The number of hydrogen-bond donors (Lipinski definition) is 2. The van der Waals surface area contributed by atoms with Crippen molar-refractivity contribution in [2.24, 2.45) is 5.92 Å². The normalized spacial score (nSPS) is 21.3. The lowest BCUT2D eigenvalue weighted by atomic mass is 9.89. The first-order valence-electron chi connectivity index (χ1n) is 8.85. The summed E-state index contributed by atoms with van der Waals surface area (Å²) in [6.45, 7) is 3.33. The molecule has 1 saturated heterocycles. The Hall–Kier alpha value is -2.40. The van der Waals surface area contributed by atoms with Gasteiger partial charge >= 0.3 is 6.03 Å². The maximum atomic E-state index is 12.2. The number of nitrogens with zero attached hydrogens (tertiary/aromatic N) is 1. The minimum Gasteiger partial charge on any atom is -0.373 e. The van der Waals surface area contributed by atoms with E-state index in [2.05, 4.69) is 27.8 Å². The lowest BCUT2D eigenvalue weighted by Gasteiger charge is -2.32. The summed E-state index contributed by atoms with van der Waals surface area (Å²) in [4.78, 5) is 16.3. The molecule has 1 fully saturated rings. The Labute approximate surface area is 148 Å². The lowest BCUT2D eigenvalue weighted by molar-refractivity contribution is -0.0269. The van der Waals surface area contributed by atoms with Crippen LogP contribution in [0, 0.1) is 5.92 Å². The molecule has 1 aliphatic rings. The van der Waals surface area contributed by atoms with Crippen LogP contribution in [0.5, 0.6) is 0 Å². The quantitative estimate of drug-likeness (QED) is 0.875. The minimum atomic E-state index is -0.159. The summed E-state index contributed by atoms with van der Waals surface area (Å²) >= 11 is 0. The zero-order valence-electron chi connectivity index (χ0n) is 14.5. The zero-order chi connectivity index (χ0) is 17.5. The molecule has 5 heteroatoms. The van der Waals surface area contributed by atoms with Crippen LogP contribution in [-0.2, 0) is 4.74 Å². The molecule has 25 heavy (non-hydrogen) atoms. The molecule has 1 aromatic carbocycles. The van der Waals surface area contributed by atoms with Crippen LogP contribution in [0.25, 0.3) is 0 Å². The maximum Gasteiger partial charge on any atom is 0.315 e. The molecule has 1 aromatic heterocycles. The fraction of sp³-hybridized carbons (Fsp3) is 0.400. The van der Waals surface area contributed by atoms with Crippen molar-refractivity contribution in [1.82, 2.24) is 15.6 Å². The average molecular weight is 339 g/mol. The van der Waals surface area contributed by atoms with Crippen LogP contribution in [0.2, 0.25) is 0 Å². The highest BCUT2D eigenvalue weighted by Gasteiger charge is 2.27. The van der Waals surface area contributed by atoms with Crippen LogP contribution >= 0.6 is 0 Å². The summed E-state index contributed by atoms with van der Waals surface area (Å²) in [5.74, 6) is 0.288. The Morgan fingerprint density at radius 1 is 1.28 bits per heavy atom. The van der Waals surface area contributed by atoms with E-state index in [9.17, 15) is 4.79 Å². The third-order valence-corrected chi connectivity index (χ3v) is 4.63. The number of rotatable bonds is 5. The highest BCUT2D eigenvalue weighted by atomic mass is 16.5. The number of urea groups is 1. The number of hydrogen-bond acceptors (Lipinski definition) is 3. The highest BCUT2D eigenvalue weighted by molar-refractivity contribution is 5.74. The molecule has 0 bridgehead atoms. The van der Waals surface area contributed by atoms with Gasteiger partial charge in [-0.1, -0.05) is 36.4 Å². The zero-order valence-corrected chi connectivity index (χ0v) is 14.5. The van der Waals surface area contributed by atoms with E-state index >= 15 is 0 Å².